The van der Waals surface area contributed by atoms with E-state index < -0.39 is 0 Å². The summed E-state index contributed by atoms with van der Waals surface area (Å²) in [7, 11) is 2.35. The quantitative estimate of drug-likeness (QED) is 0.780. The molecule has 5 rings (SSSR count). The number of hydrogen-bond donors (Lipinski definition) is 0. The highest BCUT2D eigenvalue weighted by molar-refractivity contribution is 5.80. The van der Waals surface area contributed by atoms with Crippen molar-refractivity contribution < 1.29 is 4.79 Å². The van der Waals surface area contributed by atoms with E-state index in [2.05, 4.69) is 59.0 Å². The molecule has 3 aliphatic heterocycles. The van der Waals surface area contributed by atoms with E-state index in [1.54, 1.807) is 0 Å². The van der Waals surface area contributed by atoms with Crippen LogP contribution in [0.4, 0.5) is 0 Å². The summed E-state index contributed by atoms with van der Waals surface area (Å²) in [4.78, 5) is 21.1. The lowest BCUT2D eigenvalue weighted by Gasteiger charge is -2.49. The maximum Gasteiger partial charge on any atom is 0.237 e. The molecule has 4 fully saturated rings. The van der Waals surface area contributed by atoms with E-state index in [0.717, 1.165) is 19.5 Å². The normalized spacial score (nSPS) is 37.7. The molecule has 4 heteroatoms. The Labute approximate surface area is 176 Å². The maximum absolute atomic E-state index is 13.7. The summed E-state index contributed by atoms with van der Waals surface area (Å²) >= 11 is 0. The van der Waals surface area contributed by atoms with Crippen LogP contribution in [0.15, 0.2) is 30.3 Å². The van der Waals surface area contributed by atoms with E-state index in [1.165, 1.54) is 50.5 Å². The third kappa shape index (κ3) is 3.33. The summed E-state index contributed by atoms with van der Waals surface area (Å²) in [6, 6.07) is 12.7. The molecule has 5 atom stereocenters. The Kier molecular flexibility index (Phi) is 5.19. The Balaban J connectivity index is 1.47. The van der Waals surface area contributed by atoms with Gasteiger partial charge in [-0.05, 0) is 64.2 Å². The summed E-state index contributed by atoms with van der Waals surface area (Å²) < 4.78 is 0. The first-order chi connectivity index (χ1) is 14.1. The van der Waals surface area contributed by atoms with Gasteiger partial charge in [0.05, 0.1) is 6.54 Å². The fourth-order valence-electron chi connectivity index (χ4n) is 7.27. The predicted molar refractivity (Wildman–Crippen MR) is 117 cm³/mol. The molecule has 3 saturated heterocycles. The first-order valence-corrected chi connectivity index (χ1v) is 11.9. The topological polar surface area (TPSA) is 26.8 Å². The van der Waals surface area contributed by atoms with E-state index >= 15 is 0 Å². The maximum atomic E-state index is 13.7. The van der Waals surface area contributed by atoms with Gasteiger partial charge in [0.1, 0.15) is 0 Å². The van der Waals surface area contributed by atoms with E-state index in [0.29, 0.717) is 36.6 Å². The SMILES string of the molecule is CN1[C@@H](Cc2ccccc2)[C@@H]2C[C@@]3(C)[C@H](CCCC[C@@H]13)N2C(=O)CN1CCCC1. The Hall–Kier alpha value is -1.39. The van der Waals surface area contributed by atoms with Crippen LogP contribution in [0.2, 0.25) is 0 Å². The van der Waals surface area contributed by atoms with Gasteiger partial charge in [-0.3, -0.25) is 14.6 Å². The molecule has 0 aromatic heterocycles. The number of benzene rings is 1. The molecule has 0 spiro atoms. The lowest BCUT2D eigenvalue weighted by atomic mass is 9.69. The fraction of sp³-hybridized carbons (Fsp3) is 0.720. The zero-order chi connectivity index (χ0) is 20.0. The Morgan fingerprint density at radius 1 is 1.03 bits per heavy atom. The number of carbonyl (C=O) groups excluding carboxylic acids is 1. The third-order valence-corrected chi connectivity index (χ3v) is 8.66. The van der Waals surface area contributed by atoms with Crippen LogP contribution in [0.25, 0.3) is 0 Å². The molecular weight excluding hydrogens is 358 g/mol. The first kappa shape index (κ1) is 19.6. The van der Waals surface area contributed by atoms with Gasteiger partial charge in [-0.25, -0.2) is 0 Å². The van der Waals surface area contributed by atoms with Crippen molar-refractivity contribution in [2.45, 2.75) is 82.5 Å². The minimum absolute atomic E-state index is 0.254. The molecule has 29 heavy (non-hydrogen) atoms. The molecule has 0 N–H and O–H groups in total. The molecule has 1 aromatic carbocycles. The van der Waals surface area contributed by atoms with Gasteiger partial charge >= 0.3 is 0 Å². The molecule has 0 unspecified atom stereocenters. The summed E-state index contributed by atoms with van der Waals surface area (Å²) in [6.07, 6.45) is 9.80. The Bertz CT molecular complexity index is 731. The van der Waals surface area contributed by atoms with Crippen molar-refractivity contribution in [3.05, 3.63) is 35.9 Å². The Morgan fingerprint density at radius 3 is 2.45 bits per heavy atom. The van der Waals surface area contributed by atoms with Crippen LogP contribution in [0.1, 0.15) is 57.4 Å². The number of carbonyl (C=O) groups is 1. The van der Waals surface area contributed by atoms with Crippen LogP contribution in [0.5, 0.6) is 0 Å². The molecule has 0 radical (unpaired) electrons. The zero-order valence-corrected chi connectivity index (χ0v) is 18.2. The molecule has 3 heterocycles. The second-order valence-electron chi connectivity index (χ2n) is 10.3. The van der Waals surface area contributed by atoms with Gasteiger partial charge in [-0.1, -0.05) is 50.1 Å². The molecule has 1 saturated carbocycles. The van der Waals surface area contributed by atoms with Gasteiger partial charge < -0.3 is 4.90 Å². The largest absolute Gasteiger partial charge is 0.333 e. The summed E-state index contributed by atoms with van der Waals surface area (Å²) in [5.74, 6) is 0.402. The highest BCUT2D eigenvalue weighted by Gasteiger charge is 2.62. The minimum Gasteiger partial charge on any atom is -0.333 e. The van der Waals surface area contributed by atoms with E-state index in [-0.39, 0.29) is 5.41 Å². The average molecular weight is 396 g/mol. The number of likely N-dealkylation sites (tertiary alicyclic amines) is 3. The highest BCUT2D eigenvalue weighted by atomic mass is 16.2. The predicted octanol–water partition coefficient (Wildman–Crippen LogP) is 3.56. The number of piperidine rings is 1. The van der Waals surface area contributed by atoms with Crippen molar-refractivity contribution >= 4 is 5.91 Å². The van der Waals surface area contributed by atoms with Crippen LogP contribution < -0.4 is 0 Å². The van der Waals surface area contributed by atoms with Gasteiger partial charge in [-0.2, -0.15) is 0 Å². The van der Waals surface area contributed by atoms with Crippen LogP contribution >= 0.6 is 0 Å². The molecule has 158 valence electrons. The average Bonchev–Trinajstić information content (AvgIpc) is 3.27. The van der Waals surface area contributed by atoms with Crippen molar-refractivity contribution in [1.29, 1.82) is 0 Å². The van der Waals surface area contributed by atoms with Gasteiger partial charge in [0.2, 0.25) is 5.91 Å². The van der Waals surface area contributed by atoms with Crippen LogP contribution in [0, 0.1) is 5.41 Å². The molecular formula is C25H37N3O. The minimum atomic E-state index is 0.254. The molecule has 4 aliphatic rings. The Morgan fingerprint density at radius 2 is 1.72 bits per heavy atom. The van der Waals surface area contributed by atoms with Gasteiger partial charge in [0.25, 0.3) is 0 Å². The van der Waals surface area contributed by atoms with Gasteiger partial charge in [-0.15, -0.1) is 0 Å². The lowest BCUT2D eigenvalue weighted by molar-refractivity contribution is -0.136. The number of fused-ring (bicyclic) bond motifs is 1. The van der Waals surface area contributed by atoms with Crippen molar-refractivity contribution in [2.24, 2.45) is 5.41 Å². The second kappa shape index (κ2) is 7.70. The highest BCUT2D eigenvalue weighted by Crippen LogP contribution is 2.55. The molecule has 4 nitrogen and oxygen atoms in total. The number of likely N-dealkylation sites (N-methyl/N-ethyl adjacent to an activating group) is 1. The standard InChI is InChI=1S/C25H37N3O/c1-25-17-21-20(16-19-10-4-3-5-11-19)26(2)22(25)12-6-7-13-23(25)28(21)24(29)18-27-14-8-9-15-27/h3-5,10-11,20-23H,6-9,12-18H2,1-2H3/t20-,21-,22+,23-,25+/m0/s1. The van der Waals surface area contributed by atoms with E-state index in [1.807, 2.05) is 0 Å². The number of nitrogens with zero attached hydrogens (tertiary/aromatic N) is 3. The molecule has 1 aromatic rings. The van der Waals surface area contributed by atoms with E-state index in [9.17, 15) is 4.79 Å². The number of rotatable bonds is 4. The number of amides is 1. The van der Waals surface area contributed by atoms with E-state index in [4.69, 9.17) is 0 Å². The zero-order valence-electron chi connectivity index (χ0n) is 18.2. The van der Waals surface area contributed by atoms with Gasteiger partial charge in [0.15, 0.2) is 0 Å². The van der Waals surface area contributed by atoms with Crippen molar-refractivity contribution in [1.82, 2.24) is 14.7 Å². The van der Waals surface area contributed by atoms with Gasteiger partial charge in [0, 0.05) is 29.6 Å². The van der Waals surface area contributed by atoms with Crippen molar-refractivity contribution in [3.8, 4) is 0 Å². The number of hydrogen-bond acceptors (Lipinski definition) is 3. The monoisotopic (exact) mass is 395 g/mol. The fourth-order valence-corrected chi connectivity index (χ4v) is 7.27. The van der Waals surface area contributed by atoms with Crippen LogP contribution in [-0.4, -0.2) is 71.5 Å². The summed E-state index contributed by atoms with van der Waals surface area (Å²) in [5.41, 5.74) is 1.66. The first-order valence-electron chi connectivity index (χ1n) is 11.9. The molecule has 2 bridgehead atoms. The summed E-state index contributed by atoms with van der Waals surface area (Å²) in [6.45, 7) is 5.33. The van der Waals surface area contributed by atoms with Crippen molar-refractivity contribution in [3.63, 3.8) is 0 Å². The lowest BCUT2D eigenvalue weighted by Crippen LogP contribution is -2.58. The van der Waals surface area contributed by atoms with Crippen molar-refractivity contribution in [2.75, 3.05) is 26.7 Å². The molecule has 1 aliphatic carbocycles. The molecule has 1 amide bonds. The summed E-state index contributed by atoms with van der Waals surface area (Å²) in [5, 5.41) is 0. The van der Waals surface area contributed by atoms with Crippen LogP contribution in [-0.2, 0) is 11.2 Å². The second-order valence-corrected chi connectivity index (χ2v) is 10.3. The van der Waals surface area contributed by atoms with Crippen LogP contribution in [0.3, 0.4) is 0 Å². The third-order valence-electron chi connectivity index (χ3n) is 8.66. The smallest absolute Gasteiger partial charge is 0.237 e.